The van der Waals surface area contributed by atoms with Crippen molar-refractivity contribution < 1.29 is 0 Å². The van der Waals surface area contributed by atoms with Gasteiger partial charge in [0.1, 0.15) is 5.65 Å². The average molecular weight is 445 g/mol. The molecule has 0 bridgehead atoms. The molecule has 0 fully saturated rings. The molecule has 0 saturated carbocycles. The molecule has 6 aromatic carbocycles. The van der Waals surface area contributed by atoms with Gasteiger partial charge in [0.15, 0.2) is 0 Å². The van der Waals surface area contributed by atoms with Crippen LogP contribution in [0.15, 0.2) is 121 Å². The zero-order valence-electron chi connectivity index (χ0n) is 18.9. The highest BCUT2D eigenvalue weighted by atomic mass is 15.0. The van der Waals surface area contributed by atoms with Gasteiger partial charge in [0.2, 0.25) is 0 Å². The second kappa shape index (κ2) is 6.91. The van der Waals surface area contributed by atoms with Crippen molar-refractivity contribution in [1.29, 1.82) is 0 Å². The molecule has 8 rings (SSSR count). The van der Waals surface area contributed by atoms with Gasteiger partial charge in [-0.2, -0.15) is 0 Å². The van der Waals surface area contributed by atoms with E-state index < -0.39 is 0 Å². The van der Waals surface area contributed by atoms with Gasteiger partial charge in [-0.05, 0) is 62.3 Å². The first-order valence-corrected chi connectivity index (χ1v) is 12.0. The topological polar surface area (TPSA) is 17.3 Å². The molecule has 0 radical (unpaired) electrons. The van der Waals surface area contributed by atoms with Gasteiger partial charge in [-0.1, -0.05) is 97.1 Å². The Balaban J connectivity index is 1.55. The Labute approximate surface area is 201 Å². The smallest absolute Gasteiger partial charge is 0.147 e. The standard InChI is InChI=1S/C33H20N2/c1-2-9-23-19-24(14-13-21(23)7-1)25-16-17-27-28-18-15-22-8-3-4-10-26(22)32(28)33-34-29-11-5-6-12-30(29)35(33)31(27)20-25/h1-20H. The minimum Gasteiger partial charge on any atom is -0.292 e. The van der Waals surface area contributed by atoms with Crippen LogP contribution in [0, 0.1) is 0 Å². The number of imidazole rings is 1. The quantitative estimate of drug-likeness (QED) is 0.231. The largest absolute Gasteiger partial charge is 0.292 e. The Morgan fingerprint density at radius 1 is 0.457 bits per heavy atom. The third-order valence-corrected chi connectivity index (χ3v) is 7.33. The van der Waals surface area contributed by atoms with Crippen molar-refractivity contribution in [1.82, 2.24) is 9.38 Å². The molecule has 0 saturated heterocycles. The van der Waals surface area contributed by atoms with E-state index in [4.69, 9.17) is 4.98 Å². The fraction of sp³-hybridized carbons (Fsp3) is 0. The molecule has 2 aromatic heterocycles. The first-order valence-electron chi connectivity index (χ1n) is 12.0. The maximum Gasteiger partial charge on any atom is 0.147 e. The molecular formula is C33H20N2. The number of aromatic nitrogens is 2. The minimum atomic E-state index is 1.01. The average Bonchev–Trinajstić information content (AvgIpc) is 3.32. The van der Waals surface area contributed by atoms with Gasteiger partial charge in [0, 0.05) is 10.8 Å². The summed E-state index contributed by atoms with van der Waals surface area (Å²) in [7, 11) is 0. The van der Waals surface area contributed by atoms with Crippen LogP contribution in [0.3, 0.4) is 0 Å². The highest BCUT2D eigenvalue weighted by molar-refractivity contribution is 6.23. The lowest BCUT2D eigenvalue weighted by molar-refractivity contribution is 1.32. The predicted octanol–water partition coefficient (Wildman–Crippen LogP) is 8.77. The molecule has 2 nitrogen and oxygen atoms in total. The number of fused-ring (bicyclic) bond motifs is 11. The lowest BCUT2D eigenvalue weighted by Crippen LogP contribution is -1.93. The number of rotatable bonds is 1. The molecule has 0 amide bonds. The van der Waals surface area contributed by atoms with Crippen molar-refractivity contribution in [2.24, 2.45) is 0 Å². The summed E-state index contributed by atoms with van der Waals surface area (Å²) in [5.41, 5.74) is 6.79. The number of hydrogen-bond donors (Lipinski definition) is 0. The lowest BCUT2D eigenvalue weighted by atomic mass is 9.96. The van der Waals surface area contributed by atoms with Crippen molar-refractivity contribution >= 4 is 59.9 Å². The number of benzene rings is 6. The van der Waals surface area contributed by atoms with Crippen LogP contribution in [0.1, 0.15) is 0 Å². The van der Waals surface area contributed by atoms with E-state index in [0.29, 0.717) is 0 Å². The van der Waals surface area contributed by atoms with E-state index >= 15 is 0 Å². The summed E-state index contributed by atoms with van der Waals surface area (Å²) in [4.78, 5) is 5.15. The number of para-hydroxylation sites is 2. The molecule has 0 atom stereocenters. The Bertz CT molecular complexity index is 2110. The van der Waals surface area contributed by atoms with Gasteiger partial charge in [0.05, 0.1) is 16.6 Å². The Morgan fingerprint density at radius 2 is 1.14 bits per heavy atom. The summed E-state index contributed by atoms with van der Waals surface area (Å²) in [5.74, 6) is 0. The molecule has 0 spiro atoms. The molecule has 2 heteroatoms. The van der Waals surface area contributed by atoms with Crippen LogP contribution >= 0.6 is 0 Å². The summed E-state index contributed by atoms with van der Waals surface area (Å²) >= 11 is 0. The summed E-state index contributed by atoms with van der Waals surface area (Å²) in [6, 6.07) is 43.7. The number of nitrogens with zero attached hydrogens (tertiary/aromatic N) is 2. The van der Waals surface area contributed by atoms with Crippen molar-refractivity contribution in [2.75, 3.05) is 0 Å². The highest BCUT2D eigenvalue weighted by Crippen LogP contribution is 2.38. The highest BCUT2D eigenvalue weighted by Gasteiger charge is 2.16. The van der Waals surface area contributed by atoms with E-state index in [1.54, 1.807) is 0 Å². The monoisotopic (exact) mass is 444 g/mol. The first kappa shape index (κ1) is 18.7. The molecule has 0 aliphatic carbocycles. The third kappa shape index (κ3) is 2.62. The molecule has 0 unspecified atom stereocenters. The van der Waals surface area contributed by atoms with Crippen LogP contribution in [0.4, 0.5) is 0 Å². The maximum atomic E-state index is 5.15. The second-order valence-electron chi connectivity index (χ2n) is 9.26. The molecule has 0 aliphatic heterocycles. The summed E-state index contributed by atoms with van der Waals surface area (Å²) in [6.07, 6.45) is 0. The van der Waals surface area contributed by atoms with Gasteiger partial charge in [-0.25, -0.2) is 4.98 Å². The van der Waals surface area contributed by atoms with E-state index in [9.17, 15) is 0 Å². The molecule has 0 aliphatic rings. The van der Waals surface area contributed by atoms with E-state index in [2.05, 4.69) is 126 Å². The Morgan fingerprint density at radius 3 is 2.09 bits per heavy atom. The zero-order valence-corrected chi connectivity index (χ0v) is 18.9. The fourth-order valence-corrected chi connectivity index (χ4v) is 5.67. The molecule has 8 aromatic rings. The van der Waals surface area contributed by atoms with Gasteiger partial charge in [0.25, 0.3) is 0 Å². The number of hydrogen-bond acceptors (Lipinski definition) is 1. The molecule has 35 heavy (non-hydrogen) atoms. The SMILES string of the molecule is c1ccc2cc(-c3ccc4c5ccc6ccccc6c5c5nc6ccccc6n5c4c3)ccc2c1. The summed E-state index contributed by atoms with van der Waals surface area (Å²) < 4.78 is 2.35. The Hall–Kier alpha value is -4.69. The molecule has 162 valence electrons. The maximum absolute atomic E-state index is 5.15. The van der Waals surface area contributed by atoms with Crippen LogP contribution < -0.4 is 0 Å². The zero-order chi connectivity index (χ0) is 22.9. The van der Waals surface area contributed by atoms with E-state index in [-0.39, 0.29) is 0 Å². The van der Waals surface area contributed by atoms with E-state index in [1.165, 1.54) is 54.3 Å². The van der Waals surface area contributed by atoms with Crippen molar-refractivity contribution in [3.05, 3.63) is 121 Å². The normalized spacial score (nSPS) is 12.0. The molecular weight excluding hydrogens is 424 g/mol. The van der Waals surface area contributed by atoms with Gasteiger partial charge < -0.3 is 0 Å². The Kier molecular flexibility index (Phi) is 3.69. The first-order chi connectivity index (χ1) is 17.3. The van der Waals surface area contributed by atoms with E-state index in [1.807, 2.05) is 0 Å². The van der Waals surface area contributed by atoms with Crippen molar-refractivity contribution in [3.8, 4) is 11.1 Å². The van der Waals surface area contributed by atoms with Crippen LogP contribution in [0.2, 0.25) is 0 Å². The van der Waals surface area contributed by atoms with Crippen molar-refractivity contribution in [2.45, 2.75) is 0 Å². The van der Waals surface area contributed by atoms with Gasteiger partial charge in [-0.15, -0.1) is 0 Å². The van der Waals surface area contributed by atoms with Crippen LogP contribution in [-0.2, 0) is 0 Å². The second-order valence-corrected chi connectivity index (χ2v) is 9.26. The molecule has 0 N–H and O–H groups in total. The van der Waals surface area contributed by atoms with Crippen molar-refractivity contribution in [3.63, 3.8) is 0 Å². The lowest BCUT2D eigenvalue weighted by Gasteiger charge is -2.13. The van der Waals surface area contributed by atoms with Crippen LogP contribution in [-0.4, -0.2) is 9.38 Å². The predicted molar refractivity (Wildman–Crippen MR) is 148 cm³/mol. The summed E-state index contributed by atoms with van der Waals surface area (Å²) in [5, 5.41) is 8.70. The van der Waals surface area contributed by atoms with E-state index in [0.717, 1.165) is 16.7 Å². The minimum absolute atomic E-state index is 1.01. The third-order valence-electron chi connectivity index (χ3n) is 7.33. The molecule has 2 heterocycles. The van der Waals surface area contributed by atoms with Gasteiger partial charge in [-0.3, -0.25) is 4.40 Å². The number of pyridine rings is 1. The fourth-order valence-electron chi connectivity index (χ4n) is 5.67. The van der Waals surface area contributed by atoms with Gasteiger partial charge >= 0.3 is 0 Å². The van der Waals surface area contributed by atoms with Crippen LogP contribution in [0.5, 0.6) is 0 Å². The summed E-state index contributed by atoms with van der Waals surface area (Å²) in [6.45, 7) is 0. The van der Waals surface area contributed by atoms with Crippen LogP contribution in [0.25, 0.3) is 71.0 Å².